The predicted octanol–water partition coefficient (Wildman–Crippen LogP) is 1.83. The minimum Gasteiger partial charge on any atom is -0.296 e. The zero-order valence-corrected chi connectivity index (χ0v) is 13.3. The number of hydrogen-bond acceptors (Lipinski definition) is 4. The van der Waals surface area contributed by atoms with Crippen molar-refractivity contribution in [2.75, 3.05) is 17.2 Å². The molecule has 1 aliphatic rings. The van der Waals surface area contributed by atoms with Crippen LogP contribution in [0.15, 0.2) is 36.4 Å². The Morgan fingerprint density at radius 3 is 2.65 bits per heavy atom. The first kappa shape index (κ1) is 15.7. The van der Waals surface area contributed by atoms with Gasteiger partial charge in [0, 0.05) is 24.9 Å². The molecule has 0 saturated carbocycles. The Kier molecular flexibility index (Phi) is 3.93. The van der Waals surface area contributed by atoms with Crippen molar-refractivity contribution in [3.05, 3.63) is 42.1 Å². The maximum Gasteiger partial charge on any atom is 0.302 e. The van der Waals surface area contributed by atoms with E-state index in [0.29, 0.717) is 5.82 Å². The fraction of sp³-hybridized carbons (Fsp3) is 0.333. The number of aromatic nitrogens is 2. The summed E-state index contributed by atoms with van der Waals surface area (Å²) >= 11 is 0. The van der Waals surface area contributed by atoms with Gasteiger partial charge in [-0.25, -0.2) is 4.68 Å². The highest BCUT2D eigenvalue weighted by Gasteiger charge is 2.35. The van der Waals surface area contributed by atoms with Gasteiger partial charge in [-0.15, -0.1) is 3.89 Å². The Balaban J connectivity index is 1.92. The highest BCUT2D eigenvalue weighted by atomic mass is 32.3. The van der Waals surface area contributed by atoms with Crippen LogP contribution in [0.1, 0.15) is 12.1 Å². The summed E-state index contributed by atoms with van der Waals surface area (Å²) in [7, 11) is -4.59. The van der Waals surface area contributed by atoms with Crippen molar-refractivity contribution in [2.45, 2.75) is 13.3 Å². The average molecular weight is 337 g/mol. The molecule has 6 nitrogen and oxygen atoms in total. The van der Waals surface area contributed by atoms with Gasteiger partial charge in [-0.1, -0.05) is 18.2 Å². The Labute approximate surface area is 133 Å². The number of halogens is 1. The fourth-order valence-corrected chi connectivity index (χ4v) is 3.62. The van der Waals surface area contributed by atoms with E-state index in [0.717, 1.165) is 11.4 Å². The van der Waals surface area contributed by atoms with E-state index in [1.807, 2.05) is 37.3 Å². The maximum atomic E-state index is 12.9. The predicted molar refractivity (Wildman–Crippen MR) is 83.7 cm³/mol. The molecule has 1 fully saturated rings. The lowest BCUT2D eigenvalue weighted by Gasteiger charge is -2.18. The first-order valence-electron chi connectivity index (χ1n) is 7.18. The lowest BCUT2D eigenvalue weighted by Crippen LogP contribution is -2.27. The van der Waals surface area contributed by atoms with Gasteiger partial charge in [-0.3, -0.25) is 9.69 Å². The van der Waals surface area contributed by atoms with Crippen LogP contribution in [0.4, 0.5) is 9.70 Å². The van der Waals surface area contributed by atoms with Crippen molar-refractivity contribution >= 4 is 21.9 Å². The minimum atomic E-state index is -4.59. The van der Waals surface area contributed by atoms with E-state index in [2.05, 4.69) is 5.10 Å². The minimum absolute atomic E-state index is 0.0160. The van der Waals surface area contributed by atoms with Crippen molar-refractivity contribution in [1.82, 2.24) is 9.78 Å². The van der Waals surface area contributed by atoms with Gasteiger partial charge in [-0.05, 0) is 19.1 Å². The van der Waals surface area contributed by atoms with Crippen LogP contribution >= 0.6 is 0 Å². The lowest BCUT2D eigenvalue weighted by atomic mass is 10.1. The van der Waals surface area contributed by atoms with Gasteiger partial charge in [0.2, 0.25) is 5.91 Å². The largest absolute Gasteiger partial charge is 0.302 e. The smallest absolute Gasteiger partial charge is 0.296 e. The second-order valence-corrected chi connectivity index (χ2v) is 7.08. The third-order valence-corrected chi connectivity index (χ3v) is 4.60. The van der Waals surface area contributed by atoms with Gasteiger partial charge in [0.25, 0.3) is 0 Å². The molecular weight excluding hydrogens is 321 g/mol. The number of anilines is 1. The number of benzene rings is 1. The summed E-state index contributed by atoms with van der Waals surface area (Å²) in [4.78, 5) is 13.7. The van der Waals surface area contributed by atoms with E-state index in [9.17, 15) is 17.1 Å². The molecule has 0 radical (unpaired) electrons. The monoisotopic (exact) mass is 337 g/mol. The zero-order chi connectivity index (χ0) is 16.6. The summed E-state index contributed by atoms with van der Waals surface area (Å²) in [5, 5.41) is 4.39. The van der Waals surface area contributed by atoms with Crippen LogP contribution in [0, 0.1) is 12.8 Å². The van der Waals surface area contributed by atoms with Crippen molar-refractivity contribution in [1.29, 1.82) is 0 Å². The Hall–Kier alpha value is -2.22. The molecule has 1 amide bonds. The van der Waals surface area contributed by atoms with Crippen molar-refractivity contribution in [2.24, 2.45) is 5.92 Å². The SMILES string of the molecule is Cc1cc(N2CC(CS(=O)(=O)F)CC2=O)n(-c2ccccc2)n1. The molecule has 8 heteroatoms. The maximum absolute atomic E-state index is 12.9. The zero-order valence-electron chi connectivity index (χ0n) is 12.5. The van der Waals surface area contributed by atoms with E-state index < -0.39 is 21.9 Å². The number of rotatable bonds is 4. The number of carbonyl (C=O) groups is 1. The number of amides is 1. The first-order valence-corrected chi connectivity index (χ1v) is 8.73. The molecule has 0 N–H and O–H groups in total. The van der Waals surface area contributed by atoms with Gasteiger partial charge in [-0.2, -0.15) is 13.5 Å². The quantitative estimate of drug-likeness (QED) is 0.798. The van der Waals surface area contributed by atoms with Gasteiger partial charge < -0.3 is 0 Å². The van der Waals surface area contributed by atoms with Crippen molar-refractivity contribution in [3.8, 4) is 5.69 Å². The van der Waals surface area contributed by atoms with Gasteiger partial charge in [0.05, 0.1) is 17.1 Å². The van der Waals surface area contributed by atoms with E-state index in [4.69, 9.17) is 0 Å². The van der Waals surface area contributed by atoms with E-state index in [1.54, 1.807) is 10.7 Å². The number of carbonyl (C=O) groups excluding carboxylic acids is 1. The number of nitrogens with zero attached hydrogens (tertiary/aromatic N) is 3. The van der Waals surface area contributed by atoms with Gasteiger partial charge in [0.1, 0.15) is 5.82 Å². The summed E-state index contributed by atoms with van der Waals surface area (Å²) in [5.74, 6) is -0.835. The molecular formula is C15H16FN3O3S. The number of para-hydroxylation sites is 1. The first-order chi connectivity index (χ1) is 10.8. The third-order valence-electron chi connectivity index (χ3n) is 3.73. The van der Waals surface area contributed by atoms with E-state index in [1.165, 1.54) is 4.90 Å². The fourth-order valence-electron chi connectivity index (χ4n) is 2.83. The molecule has 0 spiro atoms. The molecule has 2 heterocycles. The number of aryl methyl sites for hydroxylation is 1. The van der Waals surface area contributed by atoms with Crippen LogP contribution in [0.3, 0.4) is 0 Å². The molecule has 23 heavy (non-hydrogen) atoms. The average Bonchev–Trinajstić information content (AvgIpc) is 3.01. The Morgan fingerprint density at radius 1 is 1.30 bits per heavy atom. The van der Waals surface area contributed by atoms with E-state index >= 15 is 0 Å². The molecule has 1 aromatic heterocycles. The second kappa shape index (κ2) is 5.77. The molecule has 1 aliphatic heterocycles. The molecule has 122 valence electrons. The third kappa shape index (κ3) is 3.42. The van der Waals surface area contributed by atoms with E-state index in [-0.39, 0.29) is 18.9 Å². The van der Waals surface area contributed by atoms with Crippen molar-refractivity contribution in [3.63, 3.8) is 0 Å². The molecule has 0 aliphatic carbocycles. The van der Waals surface area contributed by atoms with Crippen LogP contribution in [0.25, 0.3) is 5.69 Å². The van der Waals surface area contributed by atoms with Crippen molar-refractivity contribution < 1.29 is 17.1 Å². The molecule has 1 aromatic carbocycles. The normalized spacial score (nSPS) is 18.6. The Morgan fingerprint density at radius 2 is 2.00 bits per heavy atom. The Bertz CT molecular complexity index is 833. The number of hydrogen-bond donors (Lipinski definition) is 0. The lowest BCUT2D eigenvalue weighted by molar-refractivity contribution is -0.117. The van der Waals surface area contributed by atoms with Gasteiger partial charge in [0.15, 0.2) is 0 Å². The summed E-state index contributed by atoms with van der Waals surface area (Å²) < 4.78 is 36.1. The standard InChI is InChI=1S/C15H16FN3O3S/c1-11-7-14(19(17-11)13-5-3-2-4-6-13)18-9-12(8-15(18)20)10-23(16,21)22/h2-7,12H,8-10H2,1H3. The van der Waals surface area contributed by atoms with Crippen LogP contribution in [-0.4, -0.2) is 36.4 Å². The molecule has 1 atom stereocenters. The van der Waals surface area contributed by atoms with Crippen LogP contribution < -0.4 is 4.90 Å². The molecule has 3 rings (SSSR count). The van der Waals surface area contributed by atoms with Crippen LogP contribution in [0.2, 0.25) is 0 Å². The molecule has 1 unspecified atom stereocenters. The molecule has 0 bridgehead atoms. The summed E-state index contributed by atoms with van der Waals surface area (Å²) in [6.07, 6.45) is 0.0160. The summed E-state index contributed by atoms with van der Waals surface area (Å²) in [5.41, 5.74) is 1.53. The van der Waals surface area contributed by atoms with Crippen LogP contribution in [0.5, 0.6) is 0 Å². The molecule has 2 aromatic rings. The van der Waals surface area contributed by atoms with Gasteiger partial charge >= 0.3 is 10.2 Å². The summed E-state index contributed by atoms with van der Waals surface area (Å²) in [6, 6.07) is 11.1. The van der Waals surface area contributed by atoms with Crippen LogP contribution in [-0.2, 0) is 15.0 Å². The topological polar surface area (TPSA) is 72.3 Å². The highest BCUT2D eigenvalue weighted by molar-refractivity contribution is 7.86. The highest BCUT2D eigenvalue weighted by Crippen LogP contribution is 2.28. The molecule has 1 saturated heterocycles. The summed E-state index contributed by atoms with van der Waals surface area (Å²) in [6.45, 7) is 1.98. The second-order valence-electron chi connectivity index (χ2n) is 5.67.